The van der Waals surface area contributed by atoms with Gasteiger partial charge in [0, 0.05) is 12.1 Å². The predicted molar refractivity (Wildman–Crippen MR) is 61.7 cm³/mol. The van der Waals surface area contributed by atoms with Crippen LogP contribution in [-0.2, 0) is 11.3 Å². The lowest BCUT2D eigenvalue weighted by Crippen LogP contribution is -2.45. The highest BCUT2D eigenvalue weighted by atomic mass is 19.4. The van der Waals surface area contributed by atoms with Gasteiger partial charge >= 0.3 is 6.18 Å². The highest BCUT2D eigenvalue weighted by Gasteiger charge is 2.28. The molecule has 0 radical (unpaired) electrons. The third-order valence-corrected chi connectivity index (χ3v) is 2.46. The Kier molecular flexibility index (Phi) is 5.43. The van der Waals surface area contributed by atoms with Crippen molar-refractivity contribution in [1.29, 1.82) is 0 Å². The van der Waals surface area contributed by atoms with Crippen LogP contribution in [0.1, 0.15) is 12.5 Å². The van der Waals surface area contributed by atoms with Gasteiger partial charge in [-0.1, -0.05) is 0 Å². The molecule has 112 valence electrons. The molecule has 8 heteroatoms. The fraction of sp³-hybridized carbons (Fsp3) is 0.417. The maximum absolute atomic E-state index is 13.3. The van der Waals surface area contributed by atoms with Crippen LogP contribution in [0.2, 0.25) is 0 Å². The van der Waals surface area contributed by atoms with Crippen molar-refractivity contribution in [1.82, 2.24) is 10.6 Å². The zero-order valence-corrected chi connectivity index (χ0v) is 10.5. The Morgan fingerprint density at radius 2 is 1.95 bits per heavy atom. The zero-order valence-electron chi connectivity index (χ0n) is 10.5. The summed E-state index contributed by atoms with van der Waals surface area (Å²) in [5, 5.41) is 4.21. The topological polar surface area (TPSA) is 41.1 Å². The van der Waals surface area contributed by atoms with E-state index in [4.69, 9.17) is 0 Å². The molecule has 1 unspecified atom stereocenters. The van der Waals surface area contributed by atoms with Gasteiger partial charge in [-0.15, -0.1) is 0 Å². The monoisotopic (exact) mass is 296 g/mol. The Hall–Kier alpha value is -1.70. The minimum Gasteiger partial charge on any atom is -0.346 e. The van der Waals surface area contributed by atoms with Crippen LogP contribution in [-0.4, -0.2) is 24.7 Å². The molecular weight excluding hydrogens is 283 g/mol. The first-order valence-electron chi connectivity index (χ1n) is 5.71. The number of halogens is 5. The second kappa shape index (κ2) is 6.65. The standard InChI is InChI=1S/C12H13F5N2O/c1-7(11(20)19-6-12(15,16)17)18-5-8-4-9(13)2-3-10(8)14/h2-4,7,18H,5-6H2,1H3,(H,19,20). The van der Waals surface area contributed by atoms with Crippen LogP contribution in [0.3, 0.4) is 0 Å². The zero-order chi connectivity index (χ0) is 15.3. The maximum atomic E-state index is 13.3. The Morgan fingerprint density at radius 1 is 1.30 bits per heavy atom. The highest BCUT2D eigenvalue weighted by molar-refractivity contribution is 5.81. The van der Waals surface area contributed by atoms with Crippen LogP contribution in [0.5, 0.6) is 0 Å². The van der Waals surface area contributed by atoms with E-state index < -0.39 is 36.3 Å². The van der Waals surface area contributed by atoms with Gasteiger partial charge in [-0.05, 0) is 25.1 Å². The van der Waals surface area contributed by atoms with Crippen molar-refractivity contribution < 1.29 is 26.7 Å². The molecule has 3 nitrogen and oxygen atoms in total. The Labute approximate surface area is 112 Å². The lowest BCUT2D eigenvalue weighted by atomic mass is 10.2. The number of alkyl halides is 3. The number of amides is 1. The van der Waals surface area contributed by atoms with E-state index in [1.165, 1.54) is 6.92 Å². The molecule has 0 spiro atoms. The van der Waals surface area contributed by atoms with Crippen molar-refractivity contribution in [2.75, 3.05) is 6.54 Å². The summed E-state index contributed by atoms with van der Waals surface area (Å²) in [6.07, 6.45) is -4.50. The van der Waals surface area contributed by atoms with Gasteiger partial charge in [-0.25, -0.2) is 8.78 Å². The first kappa shape index (κ1) is 16.4. The van der Waals surface area contributed by atoms with Crippen molar-refractivity contribution in [3.63, 3.8) is 0 Å². The number of hydrogen-bond donors (Lipinski definition) is 2. The maximum Gasteiger partial charge on any atom is 0.405 e. The number of hydrogen-bond acceptors (Lipinski definition) is 2. The predicted octanol–water partition coefficient (Wildman–Crippen LogP) is 2.12. The molecule has 20 heavy (non-hydrogen) atoms. The molecule has 0 aliphatic heterocycles. The van der Waals surface area contributed by atoms with E-state index in [1.54, 1.807) is 5.32 Å². The Bertz CT molecular complexity index is 475. The molecular formula is C12H13F5N2O. The molecule has 0 aliphatic carbocycles. The molecule has 0 aromatic heterocycles. The molecule has 1 amide bonds. The molecule has 2 N–H and O–H groups in total. The van der Waals surface area contributed by atoms with Gasteiger partial charge in [-0.3, -0.25) is 4.79 Å². The second-order valence-electron chi connectivity index (χ2n) is 4.17. The van der Waals surface area contributed by atoms with E-state index in [0.29, 0.717) is 0 Å². The van der Waals surface area contributed by atoms with Crippen molar-refractivity contribution in [3.05, 3.63) is 35.4 Å². The SMILES string of the molecule is CC(NCc1cc(F)ccc1F)C(=O)NCC(F)(F)F. The summed E-state index contributed by atoms with van der Waals surface area (Å²) in [5.41, 5.74) is -0.0135. The molecule has 1 rings (SSSR count). The van der Waals surface area contributed by atoms with E-state index in [9.17, 15) is 26.7 Å². The van der Waals surface area contributed by atoms with Gasteiger partial charge in [0.2, 0.25) is 5.91 Å². The molecule has 0 aliphatic rings. The van der Waals surface area contributed by atoms with Crippen molar-refractivity contribution in [2.24, 2.45) is 0 Å². The molecule has 1 aromatic carbocycles. The van der Waals surface area contributed by atoms with Gasteiger partial charge in [0.25, 0.3) is 0 Å². The molecule has 0 fully saturated rings. The van der Waals surface area contributed by atoms with Gasteiger partial charge < -0.3 is 10.6 Å². The average molecular weight is 296 g/mol. The van der Waals surface area contributed by atoms with Gasteiger partial charge in [0.15, 0.2) is 0 Å². The summed E-state index contributed by atoms with van der Waals surface area (Å²) in [6, 6.07) is 1.85. The summed E-state index contributed by atoms with van der Waals surface area (Å²) in [4.78, 5) is 11.3. The smallest absolute Gasteiger partial charge is 0.346 e. The van der Waals surface area contributed by atoms with Crippen LogP contribution in [0.15, 0.2) is 18.2 Å². The minimum absolute atomic E-state index is 0.0135. The third kappa shape index (κ3) is 5.52. The summed E-state index contributed by atoms with van der Waals surface area (Å²) < 4.78 is 61.9. The van der Waals surface area contributed by atoms with E-state index in [0.717, 1.165) is 18.2 Å². The fourth-order valence-corrected chi connectivity index (χ4v) is 1.37. The molecule has 1 atom stereocenters. The number of nitrogens with one attached hydrogen (secondary N) is 2. The number of rotatable bonds is 5. The van der Waals surface area contributed by atoms with E-state index in [1.807, 2.05) is 0 Å². The lowest BCUT2D eigenvalue weighted by molar-refractivity contribution is -0.139. The van der Waals surface area contributed by atoms with E-state index >= 15 is 0 Å². The third-order valence-electron chi connectivity index (χ3n) is 2.46. The van der Waals surface area contributed by atoms with Crippen LogP contribution < -0.4 is 10.6 Å². The summed E-state index contributed by atoms with van der Waals surface area (Å²) in [5.74, 6) is -2.18. The molecule has 0 saturated carbocycles. The summed E-state index contributed by atoms with van der Waals surface area (Å²) >= 11 is 0. The van der Waals surface area contributed by atoms with Crippen molar-refractivity contribution in [2.45, 2.75) is 25.7 Å². The first-order chi connectivity index (χ1) is 9.19. The first-order valence-corrected chi connectivity index (χ1v) is 5.71. The van der Waals surface area contributed by atoms with Gasteiger partial charge in [0.1, 0.15) is 18.2 Å². The second-order valence-corrected chi connectivity index (χ2v) is 4.17. The lowest BCUT2D eigenvalue weighted by Gasteiger charge is -2.15. The molecule has 0 bridgehead atoms. The number of benzene rings is 1. The van der Waals surface area contributed by atoms with Crippen LogP contribution in [0.4, 0.5) is 22.0 Å². The van der Waals surface area contributed by atoms with Crippen LogP contribution in [0.25, 0.3) is 0 Å². The molecule has 1 aromatic rings. The summed E-state index contributed by atoms with van der Waals surface area (Å²) in [7, 11) is 0. The minimum atomic E-state index is -4.50. The Balaban J connectivity index is 2.48. The Morgan fingerprint density at radius 3 is 2.55 bits per heavy atom. The fourth-order valence-electron chi connectivity index (χ4n) is 1.37. The van der Waals surface area contributed by atoms with Gasteiger partial charge in [0.05, 0.1) is 6.04 Å². The van der Waals surface area contributed by atoms with E-state index in [-0.39, 0.29) is 12.1 Å². The number of carbonyl (C=O) groups is 1. The van der Waals surface area contributed by atoms with Gasteiger partial charge in [-0.2, -0.15) is 13.2 Å². The quantitative estimate of drug-likeness (QED) is 0.817. The summed E-state index contributed by atoms with van der Waals surface area (Å²) in [6.45, 7) is -0.292. The van der Waals surface area contributed by atoms with Crippen molar-refractivity contribution >= 4 is 5.91 Å². The largest absolute Gasteiger partial charge is 0.405 e. The average Bonchev–Trinajstić information content (AvgIpc) is 2.35. The number of carbonyl (C=O) groups excluding carboxylic acids is 1. The normalized spacial score (nSPS) is 13.1. The van der Waals surface area contributed by atoms with Crippen LogP contribution in [0, 0.1) is 11.6 Å². The van der Waals surface area contributed by atoms with E-state index in [2.05, 4.69) is 5.32 Å². The van der Waals surface area contributed by atoms with Crippen LogP contribution >= 0.6 is 0 Å². The molecule has 0 heterocycles. The highest BCUT2D eigenvalue weighted by Crippen LogP contribution is 2.12. The molecule has 0 saturated heterocycles. The van der Waals surface area contributed by atoms with Crippen molar-refractivity contribution in [3.8, 4) is 0 Å².